The molecule has 0 bridgehead atoms. The average molecular weight is 375 g/mol. The van der Waals surface area contributed by atoms with Crippen LogP contribution in [0.25, 0.3) is 0 Å². The van der Waals surface area contributed by atoms with Gasteiger partial charge in [0.25, 0.3) is 5.91 Å². The van der Waals surface area contributed by atoms with Crippen molar-refractivity contribution in [2.45, 2.75) is 6.10 Å². The van der Waals surface area contributed by atoms with Crippen LogP contribution in [0.15, 0.2) is 40.9 Å². The van der Waals surface area contributed by atoms with Crippen molar-refractivity contribution < 1.29 is 9.53 Å². The Kier molecular flexibility index (Phi) is 5.60. The number of thiophene rings is 1. The normalized spacial score (nSPS) is 12.2. The van der Waals surface area contributed by atoms with E-state index in [1.165, 1.54) is 11.3 Å². The molecule has 1 aromatic heterocycles. The number of ether oxygens (including phenoxy) is 1. The van der Waals surface area contributed by atoms with Gasteiger partial charge in [0.2, 0.25) is 0 Å². The Morgan fingerprint density at radius 2 is 2.15 bits per heavy atom. The standard InChI is InChI=1S/C14H13BrClNO2S/c1-19-11(12-6-7-13(16)20-12)8-17-14(18)9-4-2-3-5-10(9)15/h2-7,11H,8H2,1H3,(H,17,18)/t11-/m0/s1. The number of amides is 1. The maximum atomic E-state index is 12.1. The predicted molar refractivity (Wildman–Crippen MR) is 85.6 cm³/mol. The quantitative estimate of drug-likeness (QED) is 0.848. The molecule has 2 rings (SSSR count). The second-order valence-electron chi connectivity index (χ2n) is 4.06. The molecule has 0 spiro atoms. The summed E-state index contributed by atoms with van der Waals surface area (Å²) in [5.41, 5.74) is 0.603. The number of carbonyl (C=O) groups excluding carboxylic acids is 1. The molecule has 1 aromatic carbocycles. The van der Waals surface area contributed by atoms with Crippen molar-refractivity contribution >= 4 is 44.8 Å². The fraction of sp³-hybridized carbons (Fsp3) is 0.214. The van der Waals surface area contributed by atoms with Gasteiger partial charge in [-0.2, -0.15) is 0 Å². The van der Waals surface area contributed by atoms with E-state index < -0.39 is 0 Å². The van der Waals surface area contributed by atoms with E-state index in [0.717, 1.165) is 9.35 Å². The lowest BCUT2D eigenvalue weighted by molar-refractivity contribution is 0.0837. The van der Waals surface area contributed by atoms with E-state index in [2.05, 4.69) is 21.2 Å². The van der Waals surface area contributed by atoms with Crippen molar-refractivity contribution in [2.24, 2.45) is 0 Å². The van der Waals surface area contributed by atoms with Crippen LogP contribution < -0.4 is 5.32 Å². The zero-order valence-corrected chi connectivity index (χ0v) is 13.9. The first-order valence-corrected chi connectivity index (χ1v) is 7.91. The molecule has 1 N–H and O–H groups in total. The highest BCUT2D eigenvalue weighted by Gasteiger charge is 2.16. The third kappa shape index (κ3) is 3.82. The molecule has 0 saturated carbocycles. The molecule has 0 aliphatic carbocycles. The van der Waals surface area contributed by atoms with Gasteiger partial charge in [-0.1, -0.05) is 23.7 Å². The number of hydrogen-bond donors (Lipinski definition) is 1. The van der Waals surface area contributed by atoms with Gasteiger partial charge in [0.15, 0.2) is 0 Å². The number of methoxy groups -OCH3 is 1. The highest BCUT2D eigenvalue weighted by Crippen LogP contribution is 2.28. The summed E-state index contributed by atoms with van der Waals surface area (Å²) in [5.74, 6) is -0.137. The zero-order valence-electron chi connectivity index (χ0n) is 10.7. The second-order valence-corrected chi connectivity index (χ2v) is 6.66. The first kappa shape index (κ1) is 15.5. The van der Waals surface area contributed by atoms with E-state index in [1.54, 1.807) is 13.2 Å². The van der Waals surface area contributed by atoms with E-state index >= 15 is 0 Å². The number of rotatable bonds is 5. The monoisotopic (exact) mass is 373 g/mol. The Hall–Kier alpha value is -0.880. The van der Waals surface area contributed by atoms with Gasteiger partial charge in [0.05, 0.1) is 9.90 Å². The lowest BCUT2D eigenvalue weighted by atomic mass is 10.2. The van der Waals surface area contributed by atoms with Gasteiger partial charge < -0.3 is 10.1 Å². The number of halogens is 2. The summed E-state index contributed by atoms with van der Waals surface area (Å²) < 4.78 is 6.87. The van der Waals surface area contributed by atoms with Crippen LogP contribution in [0.4, 0.5) is 0 Å². The number of benzene rings is 1. The molecular weight excluding hydrogens is 362 g/mol. The fourth-order valence-corrected chi connectivity index (χ4v) is 3.33. The lowest BCUT2D eigenvalue weighted by Gasteiger charge is -2.15. The molecule has 0 saturated heterocycles. The Labute approximate surface area is 135 Å². The van der Waals surface area contributed by atoms with Crippen LogP contribution in [-0.2, 0) is 4.74 Å². The van der Waals surface area contributed by atoms with Crippen molar-refractivity contribution in [3.63, 3.8) is 0 Å². The van der Waals surface area contributed by atoms with E-state index in [-0.39, 0.29) is 12.0 Å². The lowest BCUT2D eigenvalue weighted by Crippen LogP contribution is -2.29. The summed E-state index contributed by atoms with van der Waals surface area (Å²) >= 11 is 10.7. The van der Waals surface area contributed by atoms with Crippen LogP contribution in [0.3, 0.4) is 0 Å². The maximum Gasteiger partial charge on any atom is 0.252 e. The van der Waals surface area contributed by atoms with Crippen molar-refractivity contribution in [3.8, 4) is 0 Å². The van der Waals surface area contributed by atoms with Gasteiger partial charge in [-0.05, 0) is 40.2 Å². The fourth-order valence-electron chi connectivity index (χ4n) is 1.73. The first-order valence-electron chi connectivity index (χ1n) is 5.92. The molecule has 0 radical (unpaired) electrons. The van der Waals surface area contributed by atoms with Gasteiger partial charge in [0.1, 0.15) is 6.10 Å². The molecule has 0 fully saturated rings. The SMILES string of the molecule is CO[C@@H](CNC(=O)c1ccccc1Br)c1ccc(Cl)s1. The predicted octanol–water partition coefficient (Wildman–Crippen LogP) is 4.28. The van der Waals surface area contributed by atoms with Crippen molar-refractivity contribution in [1.29, 1.82) is 0 Å². The minimum atomic E-state index is -0.195. The maximum absolute atomic E-state index is 12.1. The Morgan fingerprint density at radius 1 is 1.40 bits per heavy atom. The molecule has 3 nitrogen and oxygen atoms in total. The van der Waals surface area contributed by atoms with Crippen LogP contribution in [-0.4, -0.2) is 19.6 Å². The first-order chi connectivity index (χ1) is 9.61. The Bertz CT molecular complexity index is 602. The van der Waals surface area contributed by atoms with E-state index in [4.69, 9.17) is 16.3 Å². The van der Waals surface area contributed by atoms with Gasteiger partial charge in [-0.15, -0.1) is 11.3 Å². The largest absolute Gasteiger partial charge is 0.374 e. The van der Waals surface area contributed by atoms with E-state index in [0.29, 0.717) is 16.4 Å². The van der Waals surface area contributed by atoms with Gasteiger partial charge >= 0.3 is 0 Å². The summed E-state index contributed by atoms with van der Waals surface area (Å²) in [6.07, 6.45) is -0.195. The molecule has 0 aliphatic heterocycles. The summed E-state index contributed by atoms with van der Waals surface area (Å²) in [6.45, 7) is 0.396. The molecular formula is C14H13BrClNO2S. The number of carbonyl (C=O) groups is 1. The van der Waals surface area contributed by atoms with Crippen LogP contribution in [0.1, 0.15) is 21.3 Å². The van der Waals surface area contributed by atoms with Crippen molar-refractivity contribution in [1.82, 2.24) is 5.32 Å². The number of nitrogens with one attached hydrogen (secondary N) is 1. The highest BCUT2D eigenvalue weighted by atomic mass is 79.9. The summed E-state index contributed by atoms with van der Waals surface area (Å²) in [7, 11) is 1.61. The van der Waals surface area contributed by atoms with Crippen molar-refractivity contribution in [2.75, 3.05) is 13.7 Å². The van der Waals surface area contributed by atoms with Crippen LogP contribution >= 0.6 is 38.9 Å². The van der Waals surface area contributed by atoms with Crippen LogP contribution in [0.5, 0.6) is 0 Å². The van der Waals surface area contributed by atoms with Gasteiger partial charge in [-0.25, -0.2) is 0 Å². The minimum Gasteiger partial charge on any atom is -0.374 e. The van der Waals surface area contributed by atoms with E-state index in [1.807, 2.05) is 30.3 Å². The second kappa shape index (κ2) is 7.22. The van der Waals surface area contributed by atoms with Crippen LogP contribution in [0, 0.1) is 0 Å². The minimum absolute atomic E-state index is 0.137. The topological polar surface area (TPSA) is 38.3 Å². The van der Waals surface area contributed by atoms with E-state index in [9.17, 15) is 4.79 Å². The molecule has 6 heteroatoms. The number of hydrogen-bond acceptors (Lipinski definition) is 3. The molecule has 1 heterocycles. The van der Waals surface area contributed by atoms with Gasteiger partial charge in [0, 0.05) is 23.0 Å². The molecule has 0 aliphatic rings. The molecule has 1 atom stereocenters. The third-order valence-electron chi connectivity index (χ3n) is 2.76. The molecule has 2 aromatic rings. The molecule has 1 amide bonds. The summed E-state index contributed by atoms with van der Waals surface area (Å²) in [5, 5.41) is 2.87. The average Bonchev–Trinajstić information content (AvgIpc) is 2.86. The summed E-state index contributed by atoms with van der Waals surface area (Å²) in [6, 6.07) is 11.0. The molecule has 106 valence electrons. The molecule has 0 unspecified atom stereocenters. The zero-order chi connectivity index (χ0) is 14.5. The third-order valence-corrected chi connectivity index (χ3v) is 4.78. The Morgan fingerprint density at radius 3 is 2.75 bits per heavy atom. The van der Waals surface area contributed by atoms with Crippen LogP contribution in [0.2, 0.25) is 4.34 Å². The highest BCUT2D eigenvalue weighted by molar-refractivity contribution is 9.10. The summed E-state index contributed by atoms with van der Waals surface area (Å²) in [4.78, 5) is 13.1. The Balaban J connectivity index is 2.00. The van der Waals surface area contributed by atoms with Crippen molar-refractivity contribution in [3.05, 3.63) is 55.6 Å². The molecule has 20 heavy (non-hydrogen) atoms. The smallest absolute Gasteiger partial charge is 0.252 e. The van der Waals surface area contributed by atoms with Gasteiger partial charge in [-0.3, -0.25) is 4.79 Å².